The molecule has 92 valence electrons. The number of hydrogen-bond acceptors (Lipinski definition) is 4. The van der Waals surface area contributed by atoms with Crippen molar-refractivity contribution in [2.75, 3.05) is 0 Å². The van der Waals surface area contributed by atoms with Crippen LogP contribution in [0.25, 0.3) is 0 Å². The highest BCUT2D eigenvalue weighted by atomic mass is 16.4. The molecule has 1 unspecified atom stereocenters. The number of pyridine rings is 1. The first kappa shape index (κ1) is 13.0. The summed E-state index contributed by atoms with van der Waals surface area (Å²) < 4.78 is 0. The normalized spacial score (nSPS) is 12.2. The minimum Gasteiger partial charge on any atom is -0.505 e. The maximum atomic E-state index is 11.7. The number of nitrogens with zero attached hydrogens (tertiary/aromatic N) is 1. The first-order chi connectivity index (χ1) is 7.93. The van der Waals surface area contributed by atoms with Gasteiger partial charge < -0.3 is 15.5 Å². The van der Waals surface area contributed by atoms with Gasteiger partial charge in [-0.3, -0.25) is 9.78 Å². The molecule has 1 heterocycles. The lowest BCUT2D eigenvalue weighted by Gasteiger charge is -2.17. The maximum Gasteiger partial charge on any atom is 0.326 e. The number of carbonyl (C=O) groups is 2. The monoisotopic (exact) mass is 238 g/mol. The van der Waals surface area contributed by atoms with Crippen LogP contribution in [0.2, 0.25) is 0 Å². The van der Waals surface area contributed by atoms with Crippen LogP contribution in [0.4, 0.5) is 0 Å². The van der Waals surface area contributed by atoms with E-state index in [0.29, 0.717) is 0 Å². The molecule has 1 aromatic rings. The lowest BCUT2D eigenvalue weighted by molar-refractivity contribution is -0.140. The van der Waals surface area contributed by atoms with Gasteiger partial charge in [0.05, 0.1) is 11.8 Å². The molecule has 1 atom stereocenters. The summed E-state index contributed by atoms with van der Waals surface area (Å²) in [7, 11) is 0. The molecule has 0 saturated carbocycles. The van der Waals surface area contributed by atoms with Crippen LogP contribution in [-0.2, 0) is 4.79 Å². The summed E-state index contributed by atoms with van der Waals surface area (Å²) in [6, 6.07) is 0.333. The van der Waals surface area contributed by atoms with Crippen molar-refractivity contribution in [2.24, 2.45) is 5.92 Å². The number of aliphatic carboxylic acids is 1. The number of hydrogen-bond donors (Lipinski definition) is 3. The van der Waals surface area contributed by atoms with Crippen LogP contribution in [0.3, 0.4) is 0 Å². The molecule has 1 aromatic heterocycles. The van der Waals surface area contributed by atoms with Gasteiger partial charge in [0.1, 0.15) is 11.8 Å². The van der Waals surface area contributed by atoms with Crippen molar-refractivity contribution in [3.8, 4) is 5.75 Å². The van der Waals surface area contributed by atoms with Gasteiger partial charge in [0.25, 0.3) is 5.91 Å². The number of carboxylic acid groups (broad SMARTS) is 1. The second-order valence-electron chi connectivity index (χ2n) is 3.93. The van der Waals surface area contributed by atoms with E-state index >= 15 is 0 Å². The van der Waals surface area contributed by atoms with Crippen LogP contribution in [-0.4, -0.2) is 33.1 Å². The van der Waals surface area contributed by atoms with Crippen LogP contribution in [0.1, 0.15) is 24.2 Å². The van der Waals surface area contributed by atoms with Crippen molar-refractivity contribution in [3.63, 3.8) is 0 Å². The Morgan fingerprint density at radius 3 is 2.53 bits per heavy atom. The van der Waals surface area contributed by atoms with E-state index in [0.717, 1.165) is 6.20 Å². The zero-order valence-electron chi connectivity index (χ0n) is 9.54. The number of carbonyl (C=O) groups excluding carboxylic acids is 1. The highest BCUT2D eigenvalue weighted by Gasteiger charge is 2.24. The van der Waals surface area contributed by atoms with Crippen molar-refractivity contribution in [3.05, 3.63) is 24.0 Å². The molecule has 17 heavy (non-hydrogen) atoms. The minimum atomic E-state index is -1.11. The fourth-order valence-corrected chi connectivity index (χ4v) is 1.31. The molecule has 0 aliphatic carbocycles. The Labute approximate surface area is 98.3 Å². The van der Waals surface area contributed by atoms with Crippen molar-refractivity contribution in [1.29, 1.82) is 0 Å². The summed E-state index contributed by atoms with van der Waals surface area (Å²) in [5, 5.41) is 20.7. The van der Waals surface area contributed by atoms with Gasteiger partial charge in [-0.05, 0) is 12.0 Å². The lowest BCUT2D eigenvalue weighted by atomic mass is 10.0. The number of rotatable bonds is 4. The van der Waals surface area contributed by atoms with Crippen molar-refractivity contribution in [1.82, 2.24) is 10.3 Å². The molecule has 0 aliphatic heterocycles. The first-order valence-corrected chi connectivity index (χ1v) is 5.10. The van der Waals surface area contributed by atoms with E-state index in [1.54, 1.807) is 13.8 Å². The number of nitrogens with one attached hydrogen (secondary N) is 1. The van der Waals surface area contributed by atoms with Crippen LogP contribution < -0.4 is 5.32 Å². The third-order valence-corrected chi connectivity index (χ3v) is 2.26. The standard InChI is InChI=1S/C11H14N2O4/c1-6(2)9(11(16)17)13-10(15)7-3-4-12-5-8(7)14/h3-6,9,14H,1-2H3,(H,13,15)(H,16,17). The molecule has 0 fully saturated rings. The Morgan fingerprint density at radius 1 is 1.41 bits per heavy atom. The summed E-state index contributed by atoms with van der Waals surface area (Å²) >= 11 is 0. The van der Waals surface area contributed by atoms with Gasteiger partial charge >= 0.3 is 5.97 Å². The van der Waals surface area contributed by atoms with Crippen molar-refractivity contribution in [2.45, 2.75) is 19.9 Å². The molecule has 3 N–H and O–H groups in total. The quantitative estimate of drug-likeness (QED) is 0.714. The lowest BCUT2D eigenvalue weighted by Crippen LogP contribution is -2.44. The Bertz CT molecular complexity index is 431. The molecule has 0 saturated heterocycles. The van der Waals surface area contributed by atoms with E-state index in [-0.39, 0.29) is 17.2 Å². The van der Waals surface area contributed by atoms with E-state index < -0.39 is 17.9 Å². The SMILES string of the molecule is CC(C)C(NC(=O)c1ccncc1O)C(=O)O. The number of carboxylic acids is 1. The maximum absolute atomic E-state index is 11.7. The number of amides is 1. The summed E-state index contributed by atoms with van der Waals surface area (Å²) in [5.74, 6) is -2.27. The Kier molecular flexibility index (Phi) is 4.03. The van der Waals surface area contributed by atoms with Crippen LogP contribution in [0.15, 0.2) is 18.5 Å². The zero-order chi connectivity index (χ0) is 13.0. The van der Waals surface area contributed by atoms with Gasteiger partial charge in [0.2, 0.25) is 0 Å². The second-order valence-corrected chi connectivity index (χ2v) is 3.93. The van der Waals surface area contributed by atoms with Gasteiger partial charge in [-0.25, -0.2) is 4.79 Å². The van der Waals surface area contributed by atoms with Crippen LogP contribution >= 0.6 is 0 Å². The van der Waals surface area contributed by atoms with E-state index in [4.69, 9.17) is 5.11 Å². The first-order valence-electron chi connectivity index (χ1n) is 5.10. The van der Waals surface area contributed by atoms with Gasteiger partial charge in [-0.15, -0.1) is 0 Å². The van der Waals surface area contributed by atoms with Crippen molar-refractivity contribution >= 4 is 11.9 Å². The predicted molar refractivity (Wildman–Crippen MR) is 59.6 cm³/mol. The molecule has 0 aliphatic rings. The summed E-state index contributed by atoms with van der Waals surface area (Å²) in [6.45, 7) is 3.37. The number of aromatic hydroxyl groups is 1. The molecule has 1 amide bonds. The average Bonchev–Trinajstić information content (AvgIpc) is 2.25. The Balaban J connectivity index is 2.85. The topological polar surface area (TPSA) is 99.5 Å². The summed E-state index contributed by atoms with van der Waals surface area (Å²) in [4.78, 5) is 26.3. The van der Waals surface area contributed by atoms with Crippen molar-refractivity contribution < 1.29 is 19.8 Å². The Hall–Kier alpha value is -2.11. The van der Waals surface area contributed by atoms with E-state index in [1.165, 1.54) is 12.3 Å². The molecule has 0 bridgehead atoms. The van der Waals surface area contributed by atoms with Gasteiger partial charge in [-0.1, -0.05) is 13.8 Å². The molecular weight excluding hydrogens is 224 g/mol. The molecule has 6 nitrogen and oxygen atoms in total. The van der Waals surface area contributed by atoms with E-state index in [1.807, 2.05) is 0 Å². The van der Waals surface area contributed by atoms with Gasteiger partial charge in [0.15, 0.2) is 0 Å². The molecule has 6 heteroatoms. The fourth-order valence-electron chi connectivity index (χ4n) is 1.31. The average molecular weight is 238 g/mol. The second kappa shape index (κ2) is 5.29. The molecule has 0 aromatic carbocycles. The predicted octanol–water partition coefficient (Wildman–Crippen LogP) is 0.626. The van der Waals surface area contributed by atoms with Gasteiger partial charge in [-0.2, -0.15) is 0 Å². The van der Waals surface area contributed by atoms with Gasteiger partial charge in [0, 0.05) is 6.20 Å². The third kappa shape index (κ3) is 3.17. The summed E-state index contributed by atoms with van der Waals surface area (Å²) in [6.07, 6.45) is 2.47. The Morgan fingerprint density at radius 2 is 2.06 bits per heavy atom. The fraction of sp³-hybridized carbons (Fsp3) is 0.364. The van der Waals surface area contributed by atoms with E-state index in [2.05, 4.69) is 10.3 Å². The summed E-state index contributed by atoms with van der Waals surface area (Å²) in [5.41, 5.74) is 0.00639. The molecule has 0 spiro atoms. The molecule has 1 rings (SSSR count). The largest absolute Gasteiger partial charge is 0.505 e. The zero-order valence-corrected chi connectivity index (χ0v) is 9.54. The minimum absolute atomic E-state index is 0.00639. The highest BCUT2D eigenvalue weighted by molar-refractivity contribution is 5.98. The molecular formula is C11H14N2O4. The van der Waals surface area contributed by atoms with Crippen LogP contribution in [0.5, 0.6) is 5.75 Å². The van der Waals surface area contributed by atoms with Crippen LogP contribution in [0, 0.1) is 5.92 Å². The molecule has 0 radical (unpaired) electrons. The highest BCUT2D eigenvalue weighted by Crippen LogP contribution is 2.14. The third-order valence-electron chi connectivity index (χ3n) is 2.26. The smallest absolute Gasteiger partial charge is 0.326 e. The number of aromatic nitrogens is 1. The van der Waals surface area contributed by atoms with E-state index in [9.17, 15) is 14.7 Å².